The number of thiol groups is 1. The van der Waals surface area contributed by atoms with Crippen LogP contribution in [-0.2, 0) is 4.79 Å². The Kier molecular flexibility index (Phi) is 2.88. The first kappa shape index (κ1) is 10.8. The summed E-state index contributed by atoms with van der Waals surface area (Å²) in [5.41, 5.74) is 6.38. The Hall–Kier alpha value is -0.750. The Morgan fingerprint density at radius 1 is 1.67 bits per heavy atom. The predicted molar refractivity (Wildman–Crippen MR) is 66.1 cm³/mol. The van der Waals surface area contributed by atoms with Crippen LogP contribution in [0.15, 0.2) is 16.7 Å². The number of carbonyl (C=O) groups excluding carboxylic acids is 1. The maximum Gasteiger partial charge on any atom is 0.228 e. The predicted octanol–water partition coefficient (Wildman–Crippen LogP) is 1.46. The molecule has 2 N–H and O–H groups in total. The largest absolute Gasteiger partial charge is 0.382 e. The smallest absolute Gasteiger partial charge is 0.228 e. The lowest BCUT2D eigenvalue weighted by atomic mass is 10.3. The summed E-state index contributed by atoms with van der Waals surface area (Å²) in [5.74, 6) is 0.413. The highest BCUT2D eigenvalue weighted by Crippen LogP contribution is 2.29. The average Bonchev–Trinajstić information content (AvgIpc) is 2.50. The van der Waals surface area contributed by atoms with Gasteiger partial charge in [0.1, 0.15) is 5.82 Å². The Bertz CT molecular complexity index is 412. The summed E-state index contributed by atoms with van der Waals surface area (Å²) in [4.78, 5) is 17.3. The van der Waals surface area contributed by atoms with Gasteiger partial charge in [0, 0.05) is 28.9 Å². The van der Waals surface area contributed by atoms with Crippen molar-refractivity contribution in [1.29, 1.82) is 0 Å². The molecule has 0 aromatic carbocycles. The Balaban J connectivity index is 2.37. The van der Waals surface area contributed by atoms with Crippen molar-refractivity contribution >= 4 is 46.0 Å². The second-order valence-electron chi connectivity index (χ2n) is 3.42. The number of rotatable bonds is 1. The maximum atomic E-state index is 11.6. The van der Waals surface area contributed by atoms with E-state index in [1.54, 1.807) is 17.2 Å². The highest BCUT2D eigenvalue weighted by molar-refractivity contribution is 9.10. The molecule has 1 amide bonds. The standard InChI is InChI=1S/C9H10BrN3OS/c10-5-1-7(9(11)12-3-5)13-4-6(15)2-8(13)14/h1,3,6,15H,2,4H2,(H2,11,12). The number of halogens is 1. The molecular weight excluding hydrogens is 278 g/mol. The van der Waals surface area contributed by atoms with Crippen LogP contribution in [0, 0.1) is 0 Å². The summed E-state index contributed by atoms with van der Waals surface area (Å²) in [6.45, 7) is 0.588. The summed E-state index contributed by atoms with van der Waals surface area (Å²) < 4.78 is 0.808. The third-order valence-corrected chi connectivity index (χ3v) is 3.04. The number of aromatic nitrogens is 1. The van der Waals surface area contributed by atoms with Crippen LogP contribution in [0.25, 0.3) is 0 Å². The van der Waals surface area contributed by atoms with Gasteiger partial charge in [-0.25, -0.2) is 4.98 Å². The van der Waals surface area contributed by atoms with Crippen molar-refractivity contribution in [1.82, 2.24) is 4.98 Å². The van der Waals surface area contributed by atoms with Gasteiger partial charge >= 0.3 is 0 Å². The Morgan fingerprint density at radius 3 is 3.00 bits per heavy atom. The van der Waals surface area contributed by atoms with Crippen molar-refractivity contribution in [2.24, 2.45) is 0 Å². The molecule has 0 saturated carbocycles. The molecule has 0 bridgehead atoms. The molecule has 15 heavy (non-hydrogen) atoms. The van der Waals surface area contributed by atoms with Crippen LogP contribution in [0.3, 0.4) is 0 Å². The van der Waals surface area contributed by atoms with Crippen LogP contribution < -0.4 is 10.6 Å². The number of hydrogen-bond donors (Lipinski definition) is 2. The summed E-state index contributed by atoms with van der Waals surface area (Å²) in [6.07, 6.45) is 2.06. The van der Waals surface area contributed by atoms with E-state index in [4.69, 9.17) is 5.73 Å². The highest BCUT2D eigenvalue weighted by Gasteiger charge is 2.29. The van der Waals surface area contributed by atoms with Crippen LogP contribution in [0.5, 0.6) is 0 Å². The molecule has 2 heterocycles. The maximum absolute atomic E-state index is 11.6. The zero-order chi connectivity index (χ0) is 11.0. The topological polar surface area (TPSA) is 59.2 Å². The first-order valence-electron chi connectivity index (χ1n) is 4.47. The molecule has 1 aliphatic rings. The fourth-order valence-electron chi connectivity index (χ4n) is 1.58. The molecule has 80 valence electrons. The first-order valence-corrected chi connectivity index (χ1v) is 5.78. The van der Waals surface area contributed by atoms with Gasteiger partial charge in [-0.1, -0.05) is 0 Å². The van der Waals surface area contributed by atoms with E-state index in [0.717, 1.165) is 4.47 Å². The molecule has 0 aliphatic carbocycles. The number of hydrogen-bond acceptors (Lipinski definition) is 4. The number of nitrogens with zero attached hydrogens (tertiary/aromatic N) is 2. The molecule has 0 radical (unpaired) electrons. The molecule has 1 aromatic rings. The number of nitrogen functional groups attached to an aromatic ring is 1. The number of pyridine rings is 1. The minimum Gasteiger partial charge on any atom is -0.382 e. The zero-order valence-electron chi connectivity index (χ0n) is 7.85. The second-order valence-corrected chi connectivity index (χ2v) is 5.07. The van der Waals surface area contributed by atoms with E-state index in [-0.39, 0.29) is 11.2 Å². The van der Waals surface area contributed by atoms with E-state index >= 15 is 0 Å². The minimum absolute atomic E-state index is 0.0431. The molecule has 1 aromatic heterocycles. The molecule has 1 atom stereocenters. The lowest BCUT2D eigenvalue weighted by Gasteiger charge is -2.17. The van der Waals surface area contributed by atoms with Gasteiger partial charge in [0.25, 0.3) is 0 Å². The van der Waals surface area contributed by atoms with Gasteiger partial charge in [-0.15, -0.1) is 0 Å². The molecule has 2 rings (SSSR count). The van der Waals surface area contributed by atoms with Crippen molar-refractivity contribution in [2.75, 3.05) is 17.2 Å². The summed E-state index contributed by atoms with van der Waals surface area (Å²) >= 11 is 7.59. The Labute approximate surface area is 101 Å². The van der Waals surface area contributed by atoms with Crippen molar-refractivity contribution < 1.29 is 4.79 Å². The Morgan fingerprint density at radius 2 is 2.40 bits per heavy atom. The van der Waals surface area contributed by atoms with E-state index in [1.807, 2.05) is 0 Å². The van der Waals surface area contributed by atoms with Gasteiger partial charge in [0.2, 0.25) is 5.91 Å². The van der Waals surface area contributed by atoms with Crippen LogP contribution >= 0.6 is 28.6 Å². The van der Waals surface area contributed by atoms with Crippen molar-refractivity contribution in [3.05, 3.63) is 16.7 Å². The summed E-state index contributed by atoms with van der Waals surface area (Å²) in [6, 6.07) is 1.80. The third kappa shape index (κ3) is 2.10. The number of nitrogens with two attached hydrogens (primary N) is 1. The molecule has 1 aliphatic heterocycles. The van der Waals surface area contributed by atoms with Crippen LogP contribution in [-0.4, -0.2) is 22.7 Å². The van der Waals surface area contributed by atoms with Gasteiger partial charge in [-0.3, -0.25) is 4.79 Å². The lowest BCUT2D eigenvalue weighted by Crippen LogP contribution is -2.25. The van der Waals surface area contributed by atoms with Crippen molar-refractivity contribution in [3.8, 4) is 0 Å². The van der Waals surface area contributed by atoms with E-state index in [2.05, 4.69) is 33.5 Å². The molecule has 1 saturated heterocycles. The van der Waals surface area contributed by atoms with E-state index in [0.29, 0.717) is 24.5 Å². The second kappa shape index (κ2) is 4.02. The van der Waals surface area contributed by atoms with E-state index in [1.165, 1.54) is 0 Å². The SMILES string of the molecule is Nc1ncc(Br)cc1N1CC(S)CC1=O. The normalized spacial score (nSPS) is 21.1. The molecule has 0 spiro atoms. The van der Waals surface area contributed by atoms with Gasteiger partial charge in [-0.05, 0) is 22.0 Å². The average molecular weight is 288 g/mol. The summed E-state index contributed by atoms with van der Waals surface area (Å²) in [7, 11) is 0. The zero-order valence-corrected chi connectivity index (χ0v) is 10.3. The molecular formula is C9H10BrN3OS. The van der Waals surface area contributed by atoms with Gasteiger partial charge in [-0.2, -0.15) is 12.6 Å². The highest BCUT2D eigenvalue weighted by atomic mass is 79.9. The van der Waals surface area contributed by atoms with Crippen LogP contribution in [0.1, 0.15) is 6.42 Å². The van der Waals surface area contributed by atoms with Crippen LogP contribution in [0.2, 0.25) is 0 Å². The number of amides is 1. The van der Waals surface area contributed by atoms with Crippen LogP contribution in [0.4, 0.5) is 11.5 Å². The number of carbonyl (C=O) groups is 1. The molecule has 6 heteroatoms. The minimum atomic E-state index is 0.0431. The first-order chi connectivity index (χ1) is 7.08. The van der Waals surface area contributed by atoms with Crippen molar-refractivity contribution in [3.63, 3.8) is 0 Å². The quantitative estimate of drug-likeness (QED) is 0.769. The number of anilines is 2. The monoisotopic (exact) mass is 287 g/mol. The molecule has 1 unspecified atom stereocenters. The molecule has 4 nitrogen and oxygen atoms in total. The third-order valence-electron chi connectivity index (χ3n) is 2.26. The van der Waals surface area contributed by atoms with Gasteiger partial charge in [0.15, 0.2) is 0 Å². The van der Waals surface area contributed by atoms with E-state index in [9.17, 15) is 4.79 Å². The van der Waals surface area contributed by atoms with E-state index < -0.39 is 0 Å². The fourth-order valence-corrected chi connectivity index (χ4v) is 2.22. The molecule has 1 fully saturated rings. The summed E-state index contributed by atoms with van der Waals surface area (Å²) in [5, 5.41) is 0.0795. The van der Waals surface area contributed by atoms with Gasteiger partial charge < -0.3 is 10.6 Å². The van der Waals surface area contributed by atoms with Gasteiger partial charge in [0.05, 0.1) is 5.69 Å². The van der Waals surface area contributed by atoms with Crippen molar-refractivity contribution in [2.45, 2.75) is 11.7 Å². The lowest BCUT2D eigenvalue weighted by molar-refractivity contribution is -0.117. The fraction of sp³-hybridized carbons (Fsp3) is 0.333.